The van der Waals surface area contributed by atoms with Crippen molar-refractivity contribution in [2.45, 2.75) is 0 Å². The van der Waals surface area contributed by atoms with Crippen molar-refractivity contribution in [3.8, 4) is 11.1 Å². The van der Waals surface area contributed by atoms with Gasteiger partial charge >= 0.3 is 0 Å². The van der Waals surface area contributed by atoms with Gasteiger partial charge in [0, 0.05) is 35.1 Å². The molecule has 17 heavy (non-hydrogen) atoms. The van der Waals surface area contributed by atoms with Gasteiger partial charge in [0.2, 0.25) is 0 Å². The van der Waals surface area contributed by atoms with Crippen molar-refractivity contribution in [3.05, 3.63) is 60.1 Å². The van der Waals surface area contributed by atoms with E-state index in [9.17, 15) is 0 Å². The van der Waals surface area contributed by atoms with Crippen molar-refractivity contribution in [2.24, 2.45) is 0 Å². The molecular formula is C14H9ClN2. The summed E-state index contributed by atoms with van der Waals surface area (Å²) in [6.45, 7) is 0. The number of halogens is 1. The van der Waals surface area contributed by atoms with E-state index in [1.165, 1.54) is 5.39 Å². The van der Waals surface area contributed by atoms with Gasteiger partial charge in [0.15, 0.2) is 0 Å². The minimum atomic E-state index is 0.502. The molecule has 0 N–H and O–H groups in total. The molecule has 0 spiro atoms. The predicted octanol–water partition coefficient (Wildman–Crippen LogP) is 3.95. The summed E-state index contributed by atoms with van der Waals surface area (Å²) in [6, 6.07) is 11.9. The molecule has 3 aromatic rings. The monoisotopic (exact) mass is 240 g/mol. The van der Waals surface area contributed by atoms with Gasteiger partial charge in [-0.2, -0.15) is 0 Å². The van der Waals surface area contributed by atoms with E-state index >= 15 is 0 Å². The standard InChI is InChI=1S/C14H9ClN2/c15-14-6-5-11(8-17-14)13-9-16-7-10-3-1-2-4-12(10)13/h1-9H. The molecule has 0 amide bonds. The highest BCUT2D eigenvalue weighted by atomic mass is 35.5. The molecule has 82 valence electrons. The molecule has 0 aliphatic heterocycles. The highest BCUT2D eigenvalue weighted by Gasteiger charge is 2.03. The lowest BCUT2D eigenvalue weighted by Crippen LogP contribution is -1.84. The van der Waals surface area contributed by atoms with Crippen LogP contribution in [0.1, 0.15) is 0 Å². The van der Waals surface area contributed by atoms with Gasteiger partial charge in [0.1, 0.15) is 5.15 Å². The van der Waals surface area contributed by atoms with Gasteiger partial charge < -0.3 is 0 Å². The molecule has 0 unspecified atom stereocenters. The lowest BCUT2D eigenvalue weighted by Gasteiger charge is -2.05. The molecule has 0 bridgehead atoms. The topological polar surface area (TPSA) is 25.8 Å². The van der Waals surface area contributed by atoms with Crippen LogP contribution >= 0.6 is 11.6 Å². The van der Waals surface area contributed by atoms with Crippen LogP contribution in [-0.2, 0) is 0 Å². The van der Waals surface area contributed by atoms with Crippen LogP contribution in [0.4, 0.5) is 0 Å². The smallest absolute Gasteiger partial charge is 0.129 e. The Morgan fingerprint density at radius 2 is 1.76 bits per heavy atom. The van der Waals surface area contributed by atoms with Crippen LogP contribution in [-0.4, -0.2) is 9.97 Å². The first-order valence-electron chi connectivity index (χ1n) is 5.29. The van der Waals surface area contributed by atoms with Gasteiger partial charge in [0.25, 0.3) is 0 Å². The molecule has 2 heterocycles. The molecule has 0 saturated heterocycles. The number of nitrogens with zero attached hydrogens (tertiary/aromatic N) is 2. The molecule has 1 aromatic carbocycles. The van der Waals surface area contributed by atoms with E-state index < -0.39 is 0 Å². The number of rotatable bonds is 1. The van der Waals surface area contributed by atoms with Gasteiger partial charge in [-0.1, -0.05) is 35.9 Å². The lowest BCUT2D eigenvalue weighted by atomic mass is 10.0. The van der Waals surface area contributed by atoms with Crippen LogP contribution in [0.25, 0.3) is 21.9 Å². The fraction of sp³-hybridized carbons (Fsp3) is 0. The Morgan fingerprint density at radius 1 is 0.882 bits per heavy atom. The summed E-state index contributed by atoms with van der Waals surface area (Å²) in [5, 5.41) is 2.80. The number of hydrogen-bond acceptors (Lipinski definition) is 2. The van der Waals surface area contributed by atoms with Gasteiger partial charge in [-0.15, -0.1) is 0 Å². The van der Waals surface area contributed by atoms with Crippen molar-refractivity contribution in [3.63, 3.8) is 0 Å². The number of hydrogen-bond donors (Lipinski definition) is 0. The number of benzene rings is 1. The average molecular weight is 241 g/mol. The van der Waals surface area contributed by atoms with Crippen molar-refractivity contribution < 1.29 is 0 Å². The molecule has 0 fully saturated rings. The maximum atomic E-state index is 5.79. The molecule has 0 atom stereocenters. The summed E-state index contributed by atoms with van der Waals surface area (Å²) < 4.78 is 0. The van der Waals surface area contributed by atoms with Crippen molar-refractivity contribution in [1.82, 2.24) is 9.97 Å². The Balaban J connectivity index is 2.27. The molecule has 2 aromatic heterocycles. The molecule has 0 aliphatic carbocycles. The Labute approximate surface area is 104 Å². The second-order valence-corrected chi connectivity index (χ2v) is 4.17. The van der Waals surface area contributed by atoms with E-state index in [2.05, 4.69) is 22.1 Å². The molecule has 0 aliphatic rings. The fourth-order valence-corrected chi connectivity index (χ4v) is 1.99. The van der Waals surface area contributed by atoms with E-state index in [0.29, 0.717) is 5.15 Å². The molecule has 3 rings (SSSR count). The van der Waals surface area contributed by atoms with Crippen LogP contribution in [0.15, 0.2) is 55.0 Å². The van der Waals surface area contributed by atoms with Crippen LogP contribution in [0.5, 0.6) is 0 Å². The van der Waals surface area contributed by atoms with E-state index in [0.717, 1.165) is 16.5 Å². The van der Waals surface area contributed by atoms with E-state index in [1.807, 2.05) is 30.6 Å². The zero-order valence-electron chi connectivity index (χ0n) is 8.97. The predicted molar refractivity (Wildman–Crippen MR) is 70.0 cm³/mol. The Morgan fingerprint density at radius 3 is 2.59 bits per heavy atom. The Bertz CT molecular complexity index is 657. The first kappa shape index (κ1) is 10.2. The Hall–Kier alpha value is -1.93. The highest BCUT2D eigenvalue weighted by Crippen LogP contribution is 2.27. The molecular weight excluding hydrogens is 232 g/mol. The molecule has 2 nitrogen and oxygen atoms in total. The van der Waals surface area contributed by atoms with Crippen LogP contribution in [0.2, 0.25) is 5.15 Å². The summed E-state index contributed by atoms with van der Waals surface area (Å²) in [5.74, 6) is 0. The summed E-state index contributed by atoms with van der Waals surface area (Å²) in [4.78, 5) is 8.35. The van der Waals surface area contributed by atoms with Crippen LogP contribution in [0, 0.1) is 0 Å². The second-order valence-electron chi connectivity index (χ2n) is 3.78. The SMILES string of the molecule is Clc1ccc(-c2cncc3ccccc23)cn1. The normalized spacial score (nSPS) is 10.6. The second kappa shape index (κ2) is 4.15. The minimum absolute atomic E-state index is 0.502. The third-order valence-electron chi connectivity index (χ3n) is 2.71. The summed E-state index contributed by atoms with van der Waals surface area (Å²) in [6.07, 6.45) is 5.49. The average Bonchev–Trinajstić information content (AvgIpc) is 2.39. The van der Waals surface area contributed by atoms with Crippen molar-refractivity contribution >= 4 is 22.4 Å². The van der Waals surface area contributed by atoms with Crippen molar-refractivity contribution in [1.29, 1.82) is 0 Å². The highest BCUT2D eigenvalue weighted by molar-refractivity contribution is 6.29. The lowest BCUT2D eigenvalue weighted by molar-refractivity contribution is 1.31. The molecule has 3 heteroatoms. The van der Waals surface area contributed by atoms with Gasteiger partial charge in [0.05, 0.1) is 0 Å². The fourth-order valence-electron chi connectivity index (χ4n) is 1.88. The van der Waals surface area contributed by atoms with Gasteiger partial charge in [-0.25, -0.2) is 4.98 Å². The third-order valence-corrected chi connectivity index (χ3v) is 2.93. The van der Waals surface area contributed by atoms with Gasteiger partial charge in [-0.05, 0) is 17.5 Å². The Kier molecular flexibility index (Phi) is 2.50. The number of fused-ring (bicyclic) bond motifs is 1. The minimum Gasteiger partial charge on any atom is -0.263 e. The number of aromatic nitrogens is 2. The number of pyridine rings is 2. The van der Waals surface area contributed by atoms with Crippen LogP contribution < -0.4 is 0 Å². The largest absolute Gasteiger partial charge is 0.263 e. The zero-order valence-corrected chi connectivity index (χ0v) is 9.72. The summed E-state index contributed by atoms with van der Waals surface area (Å²) in [5.41, 5.74) is 2.10. The maximum absolute atomic E-state index is 5.79. The summed E-state index contributed by atoms with van der Waals surface area (Å²) in [7, 11) is 0. The first-order chi connectivity index (χ1) is 8.34. The van der Waals surface area contributed by atoms with E-state index in [4.69, 9.17) is 11.6 Å². The molecule has 0 radical (unpaired) electrons. The van der Waals surface area contributed by atoms with Crippen LogP contribution in [0.3, 0.4) is 0 Å². The molecule has 0 saturated carbocycles. The summed E-state index contributed by atoms with van der Waals surface area (Å²) >= 11 is 5.79. The van der Waals surface area contributed by atoms with Gasteiger partial charge in [-0.3, -0.25) is 4.98 Å². The quantitative estimate of drug-likeness (QED) is 0.602. The third kappa shape index (κ3) is 1.87. The first-order valence-corrected chi connectivity index (χ1v) is 5.67. The zero-order chi connectivity index (χ0) is 11.7. The van der Waals surface area contributed by atoms with E-state index in [-0.39, 0.29) is 0 Å². The maximum Gasteiger partial charge on any atom is 0.129 e. The van der Waals surface area contributed by atoms with Crippen molar-refractivity contribution in [2.75, 3.05) is 0 Å². The van der Waals surface area contributed by atoms with E-state index in [1.54, 1.807) is 12.3 Å².